The smallest absolute Gasteiger partial charge is 0.261 e. The molecule has 114 valence electrons. The Morgan fingerprint density at radius 2 is 2.15 bits per heavy atom. The van der Waals surface area contributed by atoms with E-state index in [-0.39, 0.29) is 29.4 Å². The quantitative estimate of drug-likeness (QED) is 0.839. The van der Waals surface area contributed by atoms with E-state index in [4.69, 9.17) is 21.4 Å². The molecule has 1 aliphatic heterocycles. The predicted octanol–water partition coefficient (Wildman–Crippen LogP) is 0.235. The minimum atomic E-state index is -3.63. The maximum absolute atomic E-state index is 12.5. The molecular weight excluding hydrogens is 306 g/mol. The third kappa shape index (κ3) is 3.15. The number of nitrogens with zero attached hydrogens (tertiary/aromatic N) is 3. The molecule has 2 heterocycles. The van der Waals surface area contributed by atoms with Gasteiger partial charge in [0.15, 0.2) is 5.03 Å². The van der Waals surface area contributed by atoms with Gasteiger partial charge in [0.25, 0.3) is 10.0 Å². The van der Waals surface area contributed by atoms with Gasteiger partial charge in [0.2, 0.25) is 0 Å². The molecule has 0 aliphatic carbocycles. The van der Waals surface area contributed by atoms with Crippen molar-refractivity contribution in [3.8, 4) is 0 Å². The van der Waals surface area contributed by atoms with Gasteiger partial charge < -0.3 is 9.84 Å². The summed E-state index contributed by atoms with van der Waals surface area (Å²) < 4.78 is 33.1. The minimum Gasteiger partial charge on any atom is -0.394 e. The van der Waals surface area contributed by atoms with Gasteiger partial charge in [-0.05, 0) is 12.8 Å². The van der Waals surface area contributed by atoms with Crippen molar-refractivity contribution in [1.82, 2.24) is 14.1 Å². The van der Waals surface area contributed by atoms with Crippen molar-refractivity contribution in [2.24, 2.45) is 7.05 Å². The maximum atomic E-state index is 12.5. The highest BCUT2D eigenvalue weighted by molar-refractivity contribution is 7.89. The molecule has 0 amide bonds. The van der Waals surface area contributed by atoms with E-state index in [1.54, 1.807) is 7.05 Å². The van der Waals surface area contributed by atoms with Crippen LogP contribution in [0, 0.1) is 0 Å². The molecule has 1 aromatic rings. The molecule has 0 radical (unpaired) electrons. The fourth-order valence-electron chi connectivity index (χ4n) is 2.27. The number of hydrogen-bond donors (Lipinski definition) is 1. The van der Waals surface area contributed by atoms with E-state index in [1.165, 1.54) is 15.2 Å². The summed E-state index contributed by atoms with van der Waals surface area (Å²) in [5.74, 6) is 0. The Morgan fingerprint density at radius 1 is 1.50 bits per heavy atom. The van der Waals surface area contributed by atoms with Gasteiger partial charge in [0.1, 0.15) is 0 Å². The second-order valence-electron chi connectivity index (χ2n) is 4.62. The minimum absolute atomic E-state index is 0.00407. The fourth-order valence-corrected chi connectivity index (χ4v) is 4.35. The number of ether oxygens (including phenoxy) is 1. The van der Waals surface area contributed by atoms with Crippen LogP contribution in [0.5, 0.6) is 0 Å². The molecule has 1 aromatic heterocycles. The highest BCUT2D eigenvalue weighted by atomic mass is 35.5. The monoisotopic (exact) mass is 323 g/mol. The first-order chi connectivity index (χ1) is 9.46. The lowest BCUT2D eigenvalue weighted by Crippen LogP contribution is -2.41. The van der Waals surface area contributed by atoms with E-state index in [2.05, 4.69) is 5.10 Å². The zero-order chi connectivity index (χ0) is 14.8. The molecule has 0 spiro atoms. The van der Waals surface area contributed by atoms with E-state index >= 15 is 0 Å². The third-order valence-corrected chi connectivity index (χ3v) is 5.68. The zero-order valence-corrected chi connectivity index (χ0v) is 12.8. The van der Waals surface area contributed by atoms with Gasteiger partial charge >= 0.3 is 0 Å². The average Bonchev–Trinajstić information content (AvgIpc) is 2.77. The van der Waals surface area contributed by atoms with Crippen LogP contribution in [-0.2, 0) is 21.8 Å². The van der Waals surface area contributed by atoms with Crippen molar-refractivity contribution in [3.05, 3.63) is 11.2 Å². The van der Waals surface area contributed by atoms with E-state index in [1.807, 2.05) is 0 Å². The first kappa shape index (κ1) is 15.7. The summed E-state index contributed by atoms with van der Waals surface area (Å²) in [6.45, 7) is 1.01. The number of halogens is 1. The lowest BCUT2D eigenvalue weighted by molar-refractivity contribution is 0.00314. The molecule has 0 unspecified atom stereocenters. The number of piperidine rings is 1. The Balaban J connectivity index is 2.06. The van der Waals surface area contributed by atoms with Gasteiger partial charge in [-0.1, -0.05) is 11.6 Å². The fraction of sp³-hybridized carbons (Fsp3) is 0.727. The summed E-state index contributed by atoms with van der Waals surface area (Å²) in [4.78, 5) is 0. The number of rotatable bonds is 5. The maximum Gasteiger partial charge on any atom is 0.261 e. The van der Waals surface area contributed by atoms with Gasteiger partial charge in [0.05, 0.1) is 30.5 Å². The van der Waals surface area contributed by atoms with Gasteiger partial charge in [-0.3, -0.25) is 4.68 Å². The molecule has 9 heteroatoms. The average molecular weight is 324 g/mol. The Bertz CT molecular complexity index is 533. The SMILES string of the molecule is Cn1ncc(Cl)c1S(=O)(=O)N1CCC(OCCO)CC1. The lowest BCUT2D eigenvalue weighted by Gasteiger charge is -2.31. The van der Waals surface area contributed by atoms with E-state index in [0.717, 1.165) is 0 Å². The second kappa shape index (κ2) is 6.40. The van der Waals surface area contributed by atoms with Crippen LogP contribution in [0.4, 0.5) is 0 Å². The van der Waals surface area contributed by atoms with Crippen molar-refractivity contribution >= 4 is 21.6 Å². The third-order valence-electron chi connectivity index (χ3n) is 3.27. The summed E-state index contributed by atoms with van der Waals surface area (Å²) >= 11 is 5.90. The van der Waals surface area contributed by atoms with Crippen LogP contribution in [0.1, 0.15) is 12.8 Å². The van der Waals surface area contributed by atoms with Crippen LogP contribution in [-0.4, -0.2) is 60.0 Å². The van der Waals surface area contributed by atoms with Gasteiger partial charge in [0, 0.05) is 20.1 Å². The predicted molar refractivity (Wildman–Crippen MR) is 73.0 cm³/mol. The first-order valence-corrected chi connectivity index (χ1v) is 8.18. The normalized spacial score (nSPS) is 18.6. The molecule has 1 saturated heterocycles. The highest BCUT2D eigenvalue weighted by Gasteiger charge is 2.33. The molecule has 0 atom stereocenters. The molecule has 0 aromatic carbocycles. The Labute approximate surface area is 123 Å². The Hall–Kier alpha value is -0.670. The van der Waals surface area contributed by atoms with E-state index < -0.39 is 10.0 Å². The van der Waals surface area contributed by atoms with Crippen molar-refractivity contribution < 1.29 is 18.3 Å². The number of hydrogen-bond acceptors (Lipinski definition) is 5. The number of aromatic nitrogens is 2. The van der Waals surface area contributed by atoms with Crippen molar-refractivity contribution in [3.63, 3.8) is 0 Å². The molecule has 20 heavy (non-hydrogen) atoms. The molecule has 0 bridgehead atoms. The lowest BCUT2D eigenvalue weighted by atomic mass is 10.1. The van der Waals surface area contributed by atoms with Crippen molar-refractivity contribution in [1.29, 1.82) is 0 Å². The molecule has 2 rings (SSSR count). The number of aryl methyl sites for hydroxylation is 1. The molecule has 1 fully saturated rings. The van der Waals surface area contributed by atoms with Gasteiger partial charge in [-0.2, -0.15) is 9.40 Å². The molecule has 1 aliphatic rings. The highest BCUT2D eigenvalue weighted by Crippen LogP contribution is 2.26. The summed E-state index contributed by atoms with van der Waals surface area (Å²) in [5, 5.41) is 12.7. The summed E-state index contributed by atoms with van der Waals surface area (Å²) in [6.07, 6.45) is 2.53. The molecule has 1 N–H and O–H groups in total. The van der Waals surface area contributed by atoms with E-state index in [9.17, 15) is 8.42 Å². The Kier molecular flexibility index (Phi) is 5.03. The van der Waals surface area contributed by atoms with Crippen molar-refractivity contribution in [2.45, 2.75) is 24.0 Å². The topological polar surface area (TPSA) is 84.7 Å². The van der Waals surface area contributed by atoms with Crippen LogP contribution < -0.4 is 0 Å². The Morgan fingerprint density at radius 3 is 2.65 bits per heavy atom. The van der Waals surface area contributed by atoms with Crippen LogP contribution in [0.15, 0.2) is 11.2 Å². The zero-order valence-electron chi connectivity index (χ0n) is 11.2. The molecule has 7 nitrogen and oxygen atoms in total. The molecular formula is C11H18ClN3O4S. The number of sulfonamides is 1. The summed E-state index contributed by atoms with van der Waals surface area (Å²) in [5.41, 5.74) is 0. The summed E-state index contributed by atoms with van der Waals surface area (Å²) in [6, 6.07) is 0. The van der Waals surface area contributed by atoms with E-state index in [0.29, 0.717) is 25.9 Å². The van der Waals surface area contributed by atoms with Crippen molar-refractivity contribution in [2.75, 3.05) is 26.3 Å². The van der Waals surface area contributed by atoms with Gasteiger partial charge in [-0.25, -0.2) is 8.42 Å². The van der Waals surface area contributed by atoms with Crippen LogP contribution in [0.2, 0.25) is 5.02 Å². The molecule has 0 saturated carbocycles. The van der Waals surface area contributed by atoms with Crippen LogP contribution >= 0.6 is 11.6 Å². The largest absolute Gasteiger partial charge is 0.394 e. The summed E-state index contributed by atoms with van der Waals surface area (Å²) in [7, 11) is -2.08. The second-order valence-corrected chi connectivity index (χ2v) is 6.88. The number of aliphatic hydroxyl groups excluding tert-OH is 1. The first-order valence-electron chi connectivity index (χ1n) is 6.37. The van der Waals surface area contributed by atoms with Gasteiger partial charge in [-0.15, -0.1) is 0 Å². The van der Waals surface area contributed by atoms with Crippen LogP contribution in [0.3, 0.4) is 0 Å². The number of aliphatic hydroxyl groups is 1. The van der Waals surface area contributed by atoms with Crippen LogP contribution in [0.25, 0.3) is 0 Å². The standard InChI is InChI=1S/C11H18ClN3O4S/c1-14-11(10(12)8-13-14)20(17,18)15-4-2-9(3-5-15)19-7-6-16/h8-9,16H,2-7H2,1H3.